The second kappa shape index (κ2) is 14.5. The molecule has 0 bridgehead atoms. The molecule has 0 spiro atoms. The van der Waals surface area contributed by atoms with Crippen LogP contribution in [-0.2, 0) is 16.0 Å². The van der Waals surface area contributed by atoms with Crippen LogP contribution in [0.15, 0.2) is 29.3 Å². The van der Waals surface area contributed by atoms with Crippen LogP contribution in [0.2, 0.25) is 0 Å². The number of halogens is 1. The second-order valence-corrected chi connectivity index (χ2v) is 4.73. The van der Waals surface area contributed by atoms with Gasteiger partial charge in [0.2, 0.25) is 0 Å². The Morgan fingerprint density at radius 1 is 1.00 bits per heavy atom. The summed E-state index contributed by atoms with van der Waals surface area (Å²) in [6.07, 6.45) is 0. The molecule has 0 fully saturated rings. The molecule has 0 aliphatic carbocycles. The highest BCUT2D eigenvalue weighted by molar-refractivity contribution is 14.0. The summed E-state index contributed by atoms with van der Waals surface area (Å²) in [5, 5.41) is 9.73. The first-order valence-corrected chi connectivity index (χ1v) is 7.63. The molecule has 1 aromatic rings. The molecule has 7 heteroatoms. The van der Waals surface area contributed by atoms with Gasteiger partial charge in [0, 0.05) is 39.5 Å². The van der Waals surface area contributed by atoms with Crippen LogP contribution in [0.5, 0.6) is 0 Å². The van der Waals surface area contributed by atoms with Gasteiger partial charge in [0.25, 0.3) is 0 Å². The lowest BCUT2D eigenvalue weighted by Crippen LogP contribution is -2.38. The summed E-state index contributed by atoms with van der Waals surface area (Å²) >= 11 is 0. The predicted octanol–water partition coefficient (Wildman–Crippen LogP) is 2.06. The van der Waals surface area contributed by atoms with Crippen molar-refractivity contribution in [3.8, 4) is 0 Å². The van der Waals surface area contributed by atoms with Gasteiger partial charge < -0.3 is 25.4 Å². The molecule has 0 heterocycles. The van der Waals surface area contributed by atoms with Gasteiger partial charge in [-0.1, -0.05) is 12.1 Å². The molecule has 0 atom stereocenters. The molecular weight excluding hydrogens is 407 g/mol. The number of methoxy groups -OCH3 is 2. The number of guanidine groups is 1. The average Bonchev–Trinajstić information content (AvgIpc) is 2.54. The Bertz CT molecular complexity index is 427. The van der Waals surface area contributed by atoms with E-state index in [9.17, 15) is 0 Å². The van der Waals surface area contributed by atoms with Gasteiger partial charge in [-0.15, -0.1) is 24.0 Å². The zero-order valence-corrected chi connectivity index (χ0v) is 16.6. The Labute approximate surface area is 156 Å². The van der Waals surface area contributed by atoms with E-state index >= 15 is 0 Å². The van der Waals surface area contributed by atoms with Gasteiger partial charge in [-0.05, 0) is 24.6 Å². The zero-order valence-electron chi connectivity index (χ0n) is 14.2. The molecule has 1 rings (SSSR count). The number of hydrogen-bond acceptors (Lipinski definition) is 4. The molecule has 23 heavy (non-hydrogen) atoms. The van der Waals surface area contributed by atoms with Gasteiger partial charge in [-0.2, -0.15) is 0 Å². The average molecular weight is 436 g/mol. The minimum Gasteiger partial charge on any atom is -0.383 e. The molecule has 6 nitrogen and oxygen atoms in total. The third-order valence-electron chi connectivity index (χ3n) is 2.95. The molecule has 3 N–H and O–H groups in total. The number of rotatable bonds is 10. The van der Waals surface area contributed by atoms with E-state index in [0.717, 1.165) is 31.3 Å². The highest BCUT2D eigenvalue weighted by Gasteiger charge is 1.98. The summed E-state index contributed by atoms with van der Waals surface area (Å²) in [4.78, 5) is 4.56. The SMILES string of the molecule is CCNC(=NCc1ccc(NCCOC)cc1)NCCOC.I. The van der Waals surface area contributed by atoms with Gasteiger partial charge in [0.1, 0.15) is 0 Å². The Kier molecular flexibility index (Phi) is 13.9. The topological polar surface area (TPSA) is 66.9 Å². The monoisotopic (exact) mass is 436 g/mol. The van der Waals surface area contributed by atoms with Crippen molar-refractivity contribution in [2.45, 2.75) is 13.5 Å². The highest BCUT2D eigenvalue weighted by atomic mass is 127. The Balaban J connectivity index is 0.00000484. The molecular formula is C16H29IN4O2. The van der Waals surface area contributed by atoms with Crippen molar-refractivity contribution in [1.82, 2.24) is 10.6 Å². The molecule has 1 aromatic carbocycles. The van der Waals surface area contributed by atoms with Crippen LogP contribution in [0.4, 0.5) is 5.69 Å². The molecule has 0 aliphatic rings. The van der Waals surface area contributed by atoms with Crippen LogP contribution < -0.4 is 16.0 Å². The summed E-state index contributed by atoms with van der Waals surface area (Å²) in [5.74, 6) is 0.807. The summed E-state index contributed by atoms with van der Waals surface area (Å²) in [6.45, 7) is 6.43. The van der Waals surface area contributed by atoms with Crippen molar-refractivity contribution in [3.63, 3.8) is 0 Å². The van der Waals surface area contributed by atoms with Gasteiger partial charge in [0.05, 0.1) is 19.8 Å². The largest absolute Gasteiger partial charge is 0.383 e. The fourth-order valence-electron chi connectivity index (χ4n) is 1.81. The lowest BCUT2D eigenvalue weighted by molar-refractivity contribution is 0.203. The molecule has 0 aliphatic heterocycles. The van der Waals surface area contributed by atoms with Crippen LogP contribution in [0.1, 0.15) is 12.5 Å². The summed E-state index contributed by atoms with van der Waals surface area (Å²) in [5.41, 5.74) is 2.26. The first-order chi connectivity index (χ1) is 10.8. The molecule has 0 radical (unpaired) electrons. The van der Waals surface area contributed by atoms with Crippen molar-refractivity contribution in [2.75, 3.05) is 52.4 Å². The maximum Gasteiger partial charge on any atom is 0.191 e. The first kappa shape index (κ1) is 21.9. The van der Waals surface area contributed by atoms with Crippen LogP contribution in [-0.4, -0.2) is 53.0 Å². The number of hydrogen-bond donors (Lipinski definition) is 3. The van der Waals surface area contributed by atoms with E-state index in [1.807, 2.05) is 6.92 Å². The summed E-state index contributed by atoms with van der Waals surface area (Å²) in [7, 11) is 3.39. The highest BCUT2D eigenvalue weighted by Crippen LogP contribution is 2.10. The number of benzene rings is 1. The third kappa shape index (κ3) is 10.4. The van der Waals surface area contributed by atoms with Gasteiger partial charge in [-0.3, -0.25) is 0 Å². The molecule has 0 saturated heterocycles. The van der Waals surface area contributed by atoms with E-state index in [1.165, 1.54) is 5.56 Å². The van der Waals surface area contributed by atoms with Crippen molar-refractivity contribution in [1.29, 1.82) is 0 Å². The standard InChI is InChI=1S/C16H28N4O2.HI/c1-4-17-16(19-10-12-22-3)20-13-14-5-7-15(8-6-14)18-9-11-21-2;/h5-8,18H,4,9-13H2,1-3H3,(H2,17,19,20);1H. The number of nitrogens with zero attached hydrogens (tertiary/aromatic N) is 1. The van der Waals surface area contributed by atoms with Crippen LogP contribution >= 0.6 is 24.0 Å². The van der Waals surface area contributed by atoms with E-state index < -0.39 is 0 Å². The van der Waals surface area contributed by atoms with Gasteiger partial charge in [-0.25, -0.2) is 4.99 Å². The number of anilines is 1. The summed E-state index contributed by atoms with van der Waals surface area (Å²) in [6, 6.07) is 8.28. The first-order valence-electron chi connectivity index (χ1n) is 7.63. The van der Waals surface area contributed by atoms with E-state index in [4.69, 9.17) is 9.47 Å². The normalized spacial score (nSPS) is 10.8. The quantitative estimate of drug-likeness (QED) is 0.227. The van der Waals surface area contributed by atoms with Gasteiger partial charge >= 0.3 is 0 Å². The zero-order chi connectivity index (χ0) is 16.0. The molecule has 0 saturated carbocycles. The Morgan fingerprint density at radius 3 is 2.26 bits per heavy atom. The Morgan fingerprint density at radius 2 is 1.65 bits per heavy atom. The third-order valence-corrected chi connectivity index (χ3v) is 2.95. The fraction of sp³-hybridized carbons (Fsp3) is 0.562. The van der Waals surface area contributed by atoms with E-state index in [-0.39, 0.29) is 24.0 Å². The maximum atomic E-state index is 5.03. The Hall–Kier alpha value is -1.06. The number of aliphatic imine (C=N–C) groups is 1. The van der Waals surface area contributed by atoms with Crippen molar-refractivity contribution in [2.24, 2.45) is 4.99 Å². The number of ether oxygens (including phenoxy) is 2. The lowest BCUT2D eigenvalue weighted by Gasteiger charge is -2.11. The summed E-state index contributed by atoms with van der Waals surface area (Å²) < 4.78 is 10.0. The van der Waals surface area contributed by atoms with Crippen molar-refractivity contribution < 1.29 is 9.47 Å². The maximum absolute atomic E-state index is 5.03. The molecule has 132 valence electrons. The van der Waals surface area contributed by atoms with Gasteiger partial charge in [0.15, 0.2) is 5.96 Å². The van der Waals surface area contributed by atoms with E-state index in [2.05, 4.69) is 45.2 Å². The molecule has 0 unspecified atom stereocenters. The predicted molar refractivity (Wildman–Crippen MR) is 107 cm³/mol. The molecule has 0 aromatic heterocycles. The van der Waals surface area contributed by atoms with Crippen LogP contribution in [0.3, 0.4) is 0 Å². The lowest BCUT2D eigenvalue weighted by atomic mass is 10.2. The van der Waals surface area contributed by atoms with E-state index in [0.29, 0.717) is 19.8 Å². The fourth-order valence-corrected chi connectivity index (χ4v) is 1.81. The molecule has 0 amide bonds. The van der Waals surface area contributed by atoms with Crippen molar-refractivity contribution in [3.05, 3.63) is 29.8 Å². The second-order valence-electron chi connectivity index (χ2n) is 4.73. The number of nitrogens with one attached hydrogen (secondary N) is 3. The van der Waals surface area contributed by atoms with Crippen LogP contribution in [0, 0.1) is 0 Å². The minimum atomic E-state index is 0. The van der Waals surface area contributed by atoms with Crippen molar-refractivity contribution >= 4 is 35.6 Å². The minimum absolute atomic E-state index is 0. The van der Waals surface area contributed by atoms with Crippen LogP contribution in [0.25, 0.3) is 0 Å². The van der Waals surface area contributed by atoms with E-state index in [1.54, 1.807) is 14.2 Å². The smallest absolute Gasteiger partial charge is 0.191 e.